The number of aliphatic hydroxyl groups is 1. The Labute approximate surface area is 122 Å². The van der Waals surface area contributed by atoms with E-state index in [-0.39, 0.29) is 5.91 Å². The van der Waals surface area contributed by atoms with E-state index < -0.39 is 5.60 Å². The Morgan fingerprint density at radius 1 is 1.35 bits per heavy atom. The van der Waals surface area contributed by atoms with Gasteiger partial charge in [0.2, 0.25) is 0 Å². The van der Waals surface area contributed by atoms with Gasteiger partial charge in [-0.15, -0.1) is 6.58 Å². The van der Waals surface area contributed by atoms with Gasteiger partial charge in [0.05, 0.1) is 0 Å². The first kappa shape index (κ1) is 15.5. The zero-order valence-corrected chi connectivity index (χ0v) is 12.4. The Morgan fingerprint density at radius 3 is 2.80 bits per heavy atom. The molecular weight excluding hydrogens is 252 g/mol. The molecule has 20 heavy (non-hydrogen) atoms. The molecule has 0 spiro atoms. The fraction of sp³-hybridized carbons (Fsp3) is 0.812. The molecule has 0 unspecified atom stereocenters. The van der Waals surface area contributed by atoms with Gasteiger partial charge in [-0.05, 0) is 31.6 Å². The molecule has 1 aliphatic carbocycles. The van der Waals surface area contributed by atoms with Crippen molar-refractivity contribution in [3.05, 3.63) is 12.7 Å². The highest BCUT2D eigenvalue weighted by molar-refractivity contribution is 5.86. The molecule has 4 nitrogen and oxygen atoms in total. The number of likely N-dealkylation sites (tertiary alicyclic amines) is 1. The third-order valence-corrected chi connectivity index (χ3v) is 4.61. The molecule has 0 aromatic carbocycles. The standard InChI is InChI=1S/C16H28N2O2/c1-2-10-17-13-16(20)9-6-11-18(15(16)19)12-14-7-4-3-5-8-14/h2,14,17,20H,1,3-13H2/t16-/m1/s1. The highest BCUT2D eigenvalue weighted by atomic mass is 16.3. The molecule has 2 fully saturated rings. The molecule has 1 heterocycles. The van der Waals surface area contributed by atoms with Crippen LogP contribution >= 0.6 is 0 Å². The van der Waals surface area contributed by atoms with E-state index in [2.05, 4.69) is 11.9 Å². The van der Waals surface area contributed by atoms with Gasteiger partial charge in [0, 0.05) is 26.2 Å². The maximum Gasteiger partial charge on any atom is 0.255 e. The van der Waals surface area contributed by atoms with E-state index in [0.717, 1.165) is 19.5 Å². The molecule has 1 saturated heterocycles. The molecule has 4 heteroatoms. The molecular formula is C16H28N2O2. The summed E-state index contributed by atoms with van der Waals surface area (Å²) in [5, 5.41) is 13.7. The van der Waals surface area contributed by atoms with Crippen molar-refractivity contribution < 1.29 is 9.90 Å². The predicted octanol–water partition coefficient (Wildman–Crippen LogP) is 1.70. The number of carbonyl (C=O) groups is 1. The van der Waals surface area contributed by atoms with Gasteiger partial charge in [-0.1, -0.05) is 25.3 Å². The quantitative estimate of drug-likeness (QED) is 0.575. The van der Waals surface area contributed by atoms with Crippen molar-refractivity contribution in [1.82, 2.24) is 10.2 Å². The molecule has 0 bridgehead atoms. The normalized spacial score (nSPS) is 28.6. The molecule has 1 saturated carbocycles. The van der Waals surface area contributed by atoms with Crippen LogP contribution in [0.2, 0.25) is 0 Å². The Morgan fingerprint density at radius 2 is 2.10 bits per heavy atom. The SMILES string of the molecule is C=CCNC[C@]1(O)CCCN(CC2CCCCC2)C1=O. The van der Waals surface area contributed by atoms with Crippen molar-refractivity contribution in [3.8, 4) is 0 Å². The second-order valence-electron chi connectivity index (χ2n) is 6.31. The van der Waals surface area contributed by atoms with Crippen LogP contribution in [0.4, 0.5) is 0 Å². The number of hydrogen-bond acceptors (Lipinski definition) is 3. The molecule has 0 radical (unpaired) electrons. The molecule has 2 aliphatic rings. The van der Waals surface area contributed by atoms with Crippen molar-refractivity contribution in [1.29, 1.82) is 0 Å². The molecule has 0 aromatic heterocycles. The lowest BCUT2D eigenvalue weighted by Crippen LogP contribution is -2.58. The molecule has 2 rings (SSSR count). The highest BCUT2D eigenvalue weighted by Gasteiger charge is 2.42. The fourth-order valence-electron chi connectivity index (χ4n) is 3.47. The van der Waals surface area contributed by atoms with Gasteiger partial charge in [0.15, 0.2) is 5.60 Å². The summed E-state index contributed by atoms with van der Waals surface area (Å²) in [6.45, 7) is 6.23. The first-order chi connectivity index (χ1) is 9.65. The second-order valence-corrected chi connectivity index (χ2v) is 6.31. The average Bonchev–Trinajstić information content (AvgIpc) is 2.46. The first-order valence-electron chi connectivity index (χ1n) is 7.99. The minimum Gasteiger partial charge on any atom is -0.379 e. The fourth-order valence-corrected chi connectivity index (χ4v) is 3.47. The highest BCUT2D eigenvalue weighted by Crippen LogP contribution is 2.28. The van der Waals surface area contributed by atoms with Gasteiger partial charge in [-0.3, -0.25) is 4.79 Å². The number of hydrogen-bond donors (Lipinski definition) is 2. The zero-order chi connectivity index (χ0) is 14.4. The lowest BCUT2D eigenvalue weighted by atomic mass is 9.86. The number of piperidine rings is 1. The molecule has 114 valence electrons. The number of nitrogens with one attached hydrogen (secondary N) is 1. The monoisotopic (exact) mass is 280 g/mol. The van der Waals surface area contributed by atoms with Gasteiger partial charge in [0.25, 0.3) is 5.91 Å². The van der Waals surface area contributed by atoms with Crippen LogP contribution in [0.1, 0.15) is 44.9 Å². The van der Waals surface area contributed by atoms with Crippen molar-refractivity contribution in [3.63, 3.8) is 0 Å². The Balaban J connectivity index is 1.89. The first-order valence-corrected chi connectivity index (χ1v) is 7.99. The third-order valence-electron chi connectivity index (χ3n) is 4.61. The van der Waals surface area contributed by atoms with Crippen LogP contribution in [0.3, 0.4) is 0 Å². The number of nitrogens with zero attached hydrogens (tertiary/aromatic N) is 1. The topological polar surface area (TPSA) is 52.6 Å². The maximum atomic E-state index is 12.5. The minimum absolute atomic E-state index is 0.0779. The van der Waals surface area contributed by atoms with E-state index in [1.54, 1.807) is 6.08 Å². The molecule has 1 atom stereocenters. The number of amides is 1. The van der Waals surface area contributed by atoms with Crippen molar-refractivity contribution in [2.24, 2.45) is 5.92 Å². The Hall–Kier alpha value is -0.870. The van der Waals surface area contributed by atoms with E-state index >= 15 is 0 Å². The summed E-state index contributed by atoms with van der Waals surface area (Å²) in [7, 11) is 0. The minimum atomic E-state index is -1.21. The van der Waals surface area contributed by atoms with Crippen LogP contribution < -0.4 is 5.32 Å². The van der Waals surface area contributed by atoms with E-state index in [9.17, 15) is 9.90 Å². The van der Waals surface area contributed by atoms with Crippen LogP contribution in [0.15, 0.2) is 12.7 Å². The number of rotatable bonds is 6. The lowest BCUT2D eigenvalue weighted by Gasteiger charge is -2.40. The Kier molecular flexibility index (Phi) is 5.61. The summed E-state index contributed by atoms with van der Waals surface area (Å²) in [6, 6.07) is 0. The van der Waals surface area contributed by atoms with Crippen molar-refractivity contribution in [2.45, 2.75) is 50.5 Å². The summed E-state index contributed by atoms with van der Waals surface area (Å²) in [5.41, 5.74) is -1.21. The summed E-state index contributed by atoms with van der Waals surface area (Å²) in [4.78, 5) is 14.4. The molecule has 2 N–H and O–H groups in total. The van der Waals surface area contributed by atoms with Crippen molar-refractivity contribution in [2.75, 3.05) is 26.2 Å². The average molecular weight is 280 g/mol. The van der Waals surface area contributed by atoms with Gasteiger partial charge < -0.3 is 15.3 Å². The molecule has 1 aliphatic heterocycles. The van der Waals surface area contributed by atoms with Crippen LogP contribution in [0.25, 0.3) is 0 Å². The van der Waals surface area contributed by atoms with Crippen LogP contribution in [0.5, 0.6) is 0 Å². The summed E-state index contributed by atoms with van der Waals surface area (Å²) in [5.74, 6) is 0.557. The van der Waals surface area contributed by atoms with Gasteiger partial charge in [-0.2, -0.15) is 0 Å². The van der Waals surface area contributed by atoms with Crippen LogP contribution in [0, 0.1) is 5.92 Å². The smallest absolute Gasteiger partial charge is 0.255 e. The van der Waals surface area contributed by atoms with Gasteiger partial charge in [-0.25, -0.2) is 0 Å². The predicted molar refractivity (Wildman–Crippen MR) is 80.4 cm³/mol. The molecule has 0 aromatic rings. The van der Waals surface area contributed by atoms with Gasteiger partial charge in [0.1, 0.15) is 0 Å². The number of carbonyl (C=O) groups excluding carboxylic acids is 1. The van der Waals surface area contributed by atoms with E-state index in [1.807, 2.05) is 4.90 Å². The largest absolute Gasteiger partial charge is 0.379 e. The Bertz CT molecular complexity index is 339. The summed E-state index contributed by atoms with van der Waals surface area (Å²) in [6.07, 6.45) is 9.59. The van der Waals surface area contributed by atoms with Crippen LogP contribution in [-0.4, -0.2) is 47.7 Å². The maximum absolute atomic E-state index is 12.5. The van der Waals surface area contributed by atoms with E-state index in [0.29, 0.717) is 25.4 Å². The van der Waals surface area contributed by atoms with Gasteiger partial charge >= 0.3 is 0 Å². The van der Waals surface area contributed by atoms with E-state index in [4.69, 9.17) is 0 Å². The summed E-state index contributed by atoms with van der Waals surface area (Å²) >= 11 is 0. The van der Waals surface area contributed by atoms with E-state index in [1.165, 1.54) is 32.1 Å². The molecule has 1 amide bonds. The lowest BCUT2D eigenvalue weighted by molar-refractivity contribution is -0.157. The second kappa shape index (κ2) is 7.23. The van der Waals surface area contributed by atoms with Crippen molar-refractivity contribution >= 4 is 5.91 Å². The third kappa shape index (κ3) is 3.83. The summed E-state index contributed by atoms with van der Waals surface area (Å²) < 4.78 is 0. The zero-order valence-electron chi connectivity index (χ0n) is 12.4. The van der Waals surface area contributed by atoms with Crippen LogP contribution in [-0.2, 0) is 4.79 Å².